The van der Waals surface area contributed by atoms with E-state index in [4.69, 9.17) is 19.9 Å². The number of nitrogens with two attached hydrogens (primary N) is 1. The average Bonchev–Trinajstić information content (AvgIpc) is 3.17. The fourth-order valence-electron chi connectivity index (χ4n) is 3.29. The third-order valence-electron chi connectivity index (χ3n) is 4.57. The van der Waals surface area contributed by atoms with E-state index in [1.54, 1.807) is 0 Å². The van der Waals surface area contributed by atoms with Crippen molar-refractivity contribution in [2.24, 2.45) is 23.5 Å². The Morgan fingerprint density at radius 1 is 1.04 bits per heavy atom. The number of hydrogen-bond acceptors (Lipinski definition) is 5. The molecule has 6 nitrogen and oxygen atoms in total. The normalized spacial score (nSPS) is 27.4. The van der Waals surface area contributed by atoms with Crippen LogP contribution in [0.3, 0.4) is 0 Å². The average molecular weight is 326 g/mol. The van der Waals surface area contributed by atoms with Crippen LogP contribution in [-0.2, 0) is 14.2 Å². The molecule has 1 fully saturated rings. The van der Waals surface area contributed by atoms with Gasteiger partial charge in [-0.2, -0.15) is 0 Å². The van der Waals surface area contributed by atoms with E-state index in [9.17, 15) is 4.79 Å². The Morgan fingerprint density at radius 2 is 1.70 bits per heavy atom. The van der Waals surface area contributed by atoms with Gasteiger partial charge in [-0.15, -0.1) is 0 Å². The Labute approximate surface area is 138 Å². The summed E-state index contributed by atoms with van der Waals surface area (Å²) in [5, 5.41) is 2.71. The summed E-state index contributed by atoms with van der Waals surface area (Å²) in [6.07, 6.45) is 9.01. The number of nitrogens with one attached hydrogen (secondary N) is 1. The lowest BCUT2D eigenvalue weighted by Gasteiger charge is -2.08. The molecular weight excluding hydrogens is 296 g/mol. The van der Waals surface area contributed by atoms with Crippen molar-refractivity contribution in [1.29, 1.82) is 0 Å². The van der Waals surface area contributed by atoms with Gasteiger partial charge in [0.1, 0.15) is 0 Å². The molecule has 23 heavy (non-hydrogen) atoms. The summed E-state index contributed by atoms with van der Waals surface area (Å²) in [6, 6.07) is 0. The summed E-state index contributed by atoms with van der Waals surface area (Å²) in [4.78, 5) is 11.7. The molecular formula is C17H30N2O4. The topological polar surface area (TPSA) is 82.8 Å². The van der Waals surface area contributed by atoms with Gasteiger partial charge in [-0.1, -0.05) is 12.2 Å². The van der Waals surface area contributed by atoms with Crippen LogP contribution in [-0.4, -0.2) is 52.2 Å². The summed E-state index contributed by atoms with van der Waals surface area (Å²) in [5.74, 6) is 2.07. The van der Waals surface area contributed by atoms with Crippen molar-refractivity contribution in [2.75, 3.05) is 46.1 Å². The fraction of sp³-hybridized carbons (Fsp3) is 0.824. The number of fused-ring (bicyclic) bond motifs is 1. The third kappa shape index (κ3) is 6.89. The number of hydrogen-bond donors (Lipinski definition) is 2. The van der Waals surface area contributed by atoms with Crippen molar-refractivity contribution >= 4 is 6.09 Å². The zero-order valence-electron chi connectivity index (χ0n) is 13.9. The summed E-state index contributed by atoms with van der Waals surface area (Å²) in [7, 11) is 0. The molecule has 0 saturated heterocycles. The monoisotopic (exact) mass is 326 g/mol. The molecule has 0 aromatic carbocycles. The molecule has 2 aliphatic carbocycles. The van der Waals surface area contributed by atoms with Crippen LogP contribution in [0.4, 0.5) is 4.79 Å². The second-order valence-corrected chi connectivity index (χ2v) is 6.16. The zero-order valence-corrected chi connectivity index (χ0v) is 13.9. The third-order valence-corrected chi connectivity index (χ3v) is 4.57. The number of ether oxygens (including phenoxy) is 3. The summed E-state index contributed by atoms with van der Waals surface area (Å²) >= 11 is 0. The molecule has 0 aliphatic heterocycles. The second-order valence-electron chi connectivity index (χ2n) is 6.16. The smallest absolute Gasteiger partial charge is 0.407 e. The molecule has 0 heterocycles. The number of rotatable bonds is 10. The lowest BCUT2D eigenvalue weighted by atomic mass is 10.1. The highest BCUT2D eigenvalue weighted by molar-refractivity contribution is 5.67. The van der Waals surface area contributed by atoms with Crippen LogP contribution in [0.5, 0.6) is 0 Å². The standard InChI is InChI=1S/C17H30N2O4/c18-7-9-21-11-12-22-10-8-19-17(20)23-13-16-14-5-3-1-2-4-6-15(14)16/h1-2,14-16H,3-13,18H2,(H,19,20)/b2-1-/t14-,15+,16?. The molecule has 1 saturated carbocycles. The number of amides is 1. The van der Waals surface area contributed by atoms with Crippen LogP contribution < -0.4 is 11.1 Å². The minimum Gasteiger partial charge on any atom is -0.449 e. The van der Waals surface area contributed by atoms with E-state index in [1.807, 2.05) is 0 Å². The molecule has 6 heteroatoms. The molecule has 0 radical (unpaired) electrons. The second kappa shape index (κ2) is 10.6. The predicted octanol–water partition coefficient (Wildman–Crippen LogP) is 1.70. The molecule has 2 aliphatic rings. The lowest BCUT2D eigenvalue weighted by Crippen LogP contribution is -2.29. The van der Waals surface area contributed by atoms with Gasteiger partial charge >= 0.3 is 6.09 Å². The van der Waals surface area contributed by atoms with E-state index in [0.29, 0.717) is 52.0 Å². The molecule has 1 unspecified atom stereocenters. The molecule has 3 atom stereocenters. The van der Waals surface area contributed by atoms with Crippen molar-refractivity contribution in [3.63, 3.8) is 0 Å². The molecule has 132 valence electrons. The van der Waals surface area contributed by atoms with Gasteiger partial charge in [0.15, 0.2) is 0 Å². The molecule has 2 rings (SSSR count). The van der Waals surface area contributed by atoms with Gasteiger partial charge in [0.2, 0.25) is 0 Å². The van der Waals surface area contributed by atoms with Crippen molar-refractivity contribution in [3.05, 3.63) is 12.2 Å². The quantitative estimate of drug-likeness (QED) is 0.471. The van der Waals surface area contributed by atoms with Crippen LogP contribution in [0.2, 0.25) is 0 Å². The highest BCUT2D eigenvalue weighted by Crippen LogP contribution is 2.52. The van der Waals surface area contributed by atoms with Gasteiger partial charge in [-0.3, -0.25) is 0 Å². The van der Waals surface area contributed by atoms with Crippen molar-refractivity contribution in [1.82, 2.24) is 5.32 Å². The van der Waals surface area contributed by atoms with Gasteiger partial charge < -0.3 is 25.3 Å². The van der Waals surface area contributed by atoms with Crippen LogP contribution in [0.25, 0.3) is 0 Å². The SMILES string of the molecule is NCCOCCOCCNC(=O)OCC1[C@H]2CC/C=C\CC[C@@H]12. The minimum atomic E-state index is -0.342. The summed E-state index contributed by atoms with van der Waals surface area (Å²) in [5.41, 5.74) is 5.30. The van der Waals surface area contributed by atoms with E-state index < -0.39 is 0 Å². The molecule has 0 bridgehead atoms. The van der Waals surface area contributed by atoms with Gasteiger partial charge in [0.05, 0.1) is 33.0 Å². The van der Waals surface area contributed by atoms with Crippen LogP contribution >= 0.6 is 0 Å². The van der Waals surface area contributed by atoms with E-state index in [-0.39, 0.29) is 6.09 Å². The Morgan fingerprint density at radius 3 is 2.35 bits per heavy atom. The van der Waals surface area contributed by atoms with Gasteiger partial charge in [0.25, 0.3) is 0 Å². The van der Waals surface area contributed by atoms with Crippen LogP contribution in [0, 0.1) is 17.8 Å². The Bertz CT molecular complexity index is 360. The zero-order chi connectivity index (χ0) is 16.3. The maximum atomic E-state index is 11.7. The highest BCUT2D eigenvalue weighted by Gasteiger charge is 2.49. The Hall–Kier alpha value is -1.11. The van der Waals surface area contributed by atoms with Crippen LogP contribution in [0.15, 0.2) is 12.2 Å². The molecule has 0 aromatic heterocycles. The minimum absolute atomic E-state index is 0.342. The van der Waals surface area contributed by atoms with E-state index >= 15 is 0 Å². The maximum absolute atomic E-state index is 11.7. The maximum Gasteiger partial charge on any atom is 0.407 e. The van der Waals surface area contributed by atoms with E-state index in [2.05, 4.69) is 17.5 Å². The highest BCUT2D eigenvalue weighted by atomic mass is 16.6. The van der Waals surface area contributed by atoms with Gasteiger partial charge in [-0.05, 0) is 43.4 Å². The number of carbonyl (C=O) groups is 1. The van der Waals surface area contributed by atoms with Crippen molar-refractivity contribution in [3.8, 4) is 0 Å². The number of carbonyl (C=O) groups excluding carboxylic acids is 1. The first-order chi connectivity index (χ1) is 11.3. The van der Waals surface area contributed by atoms with Gasteiger partial charge in [-0.25, -0.2) is 4.79 Å². The van der Waals surface area contributed by atoms with Crippen LogP contribution in [0.1, 0.15) is 25.7 Å². The first-order valence-corrected chi connectivity index (χ1v) is 8.74. The fourth-order valence-corrected chi connectivity index (χ4v) is 3.29. The summed E-state index contributed by atoms with van der Waals surface area (Å²) in [6.45, 7) is 3.57. The molecule has 0 spiro atoms. The molecule has 0 aromatic rings. The predicted molar refractivity (Wildman–Crippen MR) is 88.1 cm³/mol. The first-order valence-electron chi connectivity index (χ1n) is 8.74. The Balaban J connectivity index is 1.43. The number of alkyl carbamates (subject to hydrolysis) is 1. The lowest BCUT2D eigenvalue weighted by molar-refractivity contribution is 0.0511. The first kappa shape index (κ1) is 18.2. The van der Waals surface area contributed by atoms with Crippen molar-refractivity contribution < 1.29 is 19.0 Å². The molecule has 3 N–H and O–H groups in total. The summed E-state index contributed by atoms with van der Waals surface area (Å²) < 4.78 is 15.8. The van der Waals surface area contributed by atoms with Crippen molar-refractivity contribution in [2.45, 2.75) is 25.7 Å². The number of allylic oxidation sites excluding steroid dienone is 2. The largest absolute Gasteiger partial charge is 0.449 e. The van der Waals surface area contributed by atoms with Gasteiger partial charge in [0, 0.05) is 13.1 Å². The Kier molecular flexibility index (Phi) is 8.42. The molecule has 1 amide bonds. The van der Waals surface area contributed by atoms with E-state index in [1.165, 1.54) is 12.8 Å². The van der Waals surface area contributed by atoms with E-state index in [0.717, 1.165) is 24.7 Å².